The van der Waals surface area contributed by atoms with Crippen molar-refractivity contribution < 1.29 is 14.2 Å². The normalized spacial score (nSPS) is 10.5. The largest absolute Gasteiger partial charge is 0.475 e. The van der Waals surface area contributed by atoms with Gasteiger partial charge >= 0.3 is 0 Å². The molecule has 0 radical (unpaired) electrons. The number of halogens is 1. The maximum atomic E-state index is 5.60. The minimum absolute atomic E-state index is 0.395. The smallest absolute Gasteiger partial charge is 0.217 e. The molecule has 0 saturated carbocycles. The van der Waals surface area contributed by atoms with Gasteiger partial charge in [0.05, 0.1) is 19.8 Å². The first-order chi connectivity index (χ1) is 8.27. The van der Waals surface area contributed by atoms with Gasteiger partial charge in [0.15, 0.2) is 0 Å². The highest BCUT2D eigenvalue weighted by Gasteiger charge is 2.04. The summed E-state index contributed by atoms with van der Waals surface area (Å²) in [5, 5.41) is 0. The number of methoxy groups -OCH3 is 1. The number of nitrogens with two attached hydrogens (primary N) is 1. The van der Waals surface area contributed by atoms with Crippen LogP contribution < -0.4 is 10.5 Å². The van der Waals surface area contributed by atoms with Crippen LogP contribution in [0.4, 0.5) is 0 Å². The Balaban J connectivity index is 2.31. The zero-order valence-corrected chi connectivity index (χ0v) is 11.4. The van der Waals surface area contributed by atoms with Gasteiger partial charge in [-0.15, -0.1) is 0 Å². The molecule has 5 nitrogen and oxygen atoms in total. The third kappa shape index (κ3) is 5.45. The van der Waals surface area contributed by atoms with E-state index in [1.165, 1.54) is 0 Å². The molecule has 0 aromatic carbocycles. The lowest BCUT2D eigenvalue weighted by atomic mass is 10.3. The van der Waals surface area contributed by atoms with Gasteiger partial charge < -0.3 is 19.9 Å². The molecular weight excluding hydrogens is 288 g/mol. The van der Waals surface area contributed by atoms with E-state index in [4.69, 9.17) is 19.9 Å². The number of rotatable bonds is 8. The highest BCUT2D eigenvalue weighted by Crippen LogP contribution is 2.19. The average Bonchev–Trinajstić information content (AvgIpc) is 2.35. The molecule has 0 atom stereocenters. The number of nitrogens with zero attached hydrogens (tertiary/aromatic N) is 1. The fourth-order valence-electron chi connectivity index (χ4n) is 1.19. The molecule has 0 saturated heterocycles. The molecule has 0 aliphatic heterocycles. The zero-order chi connectivity index (χ0) is 12.5. The monoisotopic (exact) mass is 304 g/mol. The van der Waals surface area contributed by atoms with Crippen LogP contribution in [0.2, 0.25) is 0 Å². The highest BCUT2D eigenvalue weighted by atomic mass is 79.9. The van der Waals surface area contributed by atoms with Crippen molar-refractivity contribution in [3.63, 3.8) is 0 Å². The van der Waals surface area contributed by atoms with Crippen LogP contribution in [-0.2, 0) is 16.0 Å². The summed E-state index contributed by atoms with van der Waals surface area (Å²) >= 11 is 3.34. The summed E-state index contributed by atoms with van der Waals surface area (Å²) in [6.07, 6.45) is 1.68. The number of hydrogen-bond donors (Lipinski definition) is 1. The fourth-order valence-corrected chi connectivity index (χ4v) is 1.57. The van der Waals surface area contributed by atoms with E-state index >= 15 is 0 Å². The quantitative estimate of drug-likeness (QED) is 0.734. The molecule has 1 heterocycles. The van der Waals surface area contributed by atoms with Gasteiger partial charge in [-0.1, -0.05) is 0 Å². The summed E-state index contributed by atoms with van der Waals surface area (Å²) in [5.74, 6) is 0.561. The summed E-state index contributed by atoms with van der Waals surface area (Å²) in [7, 11) is 1.64. The van der Waals surface area contributed by atoms with Crippen molar-refractivity contribution in [3.05, 3.63) is 22.3 Å². The van der Waals surface area contributed by atoms with Gasteiger partial charge in [-0.05, 0) is 22.0 Å². The molecule has 1 aromatic rings. The lowest BCUT2D eigenvalue weighted by Gasteiger charge is -2.09. The van der Waals surface area contributed by atoms with Crippen molar-refractivity contribution in [2.45, 2.75) is 6.54 Å². The van der Waals surface area contributed by atoms with Crippen LogP contribution in [0.25, 0.3) is 0 Å². The Morgan fingerprint density at radius 2 is 2.06 bits per heavy atom. The lowest BCUT2D eigenvalue weighted by molar-refractivity contribution is 0.0535. The van der Waals surface area contributed by atoms with Gasteiger partial charge in [-0.25, -0.2) is 4.98 Å². The Labute approximate surface area is 109 Å². The van der Waals surface area contributed by atoms with Crippen LogP contribution in [0, 0.1) is 0 Å². The molecule has 96 valence electrons. The number of hydrogen-bond acceptors (Lipinski definition) is 5. The Bertz CT molecular complexity index is 336. The summed E-state index contributed by atoms with van der Waals surface area (Å²) in [4.78, 5) is 4.15. The van der Waals surface area contributed by atoms with Crippen LogP contribution in [-0.4, -0.2) is 38.5 Å². The summed E-state index contributed by atoms with van der Waals surface area (Å²) in [6.45, 7) is 2.50. The Morgan fingerprint density at radius 1 is 1.29 bits per heavy atom. The molecule has 0 unspecified atom stereocenters. The molecule has 0 amide bonds. The molecular formula is C11H17BrN2O3. The van der Waals surface area contributed by atoms with Gasteiger partial charge in [0.25, 0.3) is 0 Å². The molecule has 0 fully saturated rings. The van der Waals surface area contributed by atoms with Crippen LogP contribution in [0.5, 0.6) is 5.88 Å². The van der Waals surface area contributed by atoms with E-state index in [2.05, 4.69) is 20.9 Å². The van der Waals surface area contributed by atoms with Crippen LogP contribution in [0.3, 0.4) is 0 Å². The first kappa shape index (κ1) is 14.4. The minimum Gasteiger partial charge on any atom is -0.475 e. The van der Waals surface area contributed by atoms with Crippen molar-refractivity contribution in [2.75, 3.05) is 33.5 Å². The summed E-state index contributed by atoms with van der Waals surface area (Å²) in [5.41, 5.74) is 6.47. The number of pyridine rings is 1. The van der Waals surface area contributed by atoms with Crippen molar-refractivity contribution >= 4 is 15.9 Å². The molecule has 1 rings (SSSR count). The summed E-state index contributed by atoms with van der Waals surface area (Å²) < 4.78 is 16.5. The number of aromatic nitrogens is 1. The van der Waals surface area contributed by atoms with E-state index in [1.54, 1.807) is 13.3 Å². The van der Waals surface area contributed by atoms with Crippen molar-refractivity contribution in [2.24, 2.45) is 5.73 Å². The molecule has 0 bridgehead atoms. The van der Waals surface area contributed by atoms with Gasteiger partial charge in [-0.2, -0.15) is 0 Å². The average molecular weight is 305 g/mol. The Morgan fingerprint density at radius 3 is 2.76 bits per heavy atom. The number of ether oxygens (including phenoxy) is 3. The molecule has 2 N–H and O–H groups in total. The molecule has 1 aromatic heterocycles. The van der Waals surface area contributed by atoms with Gasteiger partial charge in [0, 0.05) is 29.9 Å². The standard InChI is InChI=1S/C11H17BrN2O3/c1-15-2-3-16-4-5-17-11-9(7-13)6-10(12)8-14-11/h6,8H,2-5,7,13H2,1H3. The van der Waals surface area contributed by atoms with Crippen molar-refractivity contribution in [1.82, 2.24) is 4.98 Å². The minimum atomic E-state index is 0.395. The summed E-state index contributed by atoms with van der Waals surface area (Å²) in [6, 6.07) is 1.90. The molecule has 0 spiro atoms. The van der Waals surface area contributed by atoms with E-state index < -0.39 is 0 Å². The molecule has 0 aliphatic carbocycles. The van der Waals surface area contributed by atoms with Crippen molar-refractivity contribution in [1.29, 1.82) is 0 Å². The predicted octanol–water partition coefficient (Wildman–Crippen LogP) is 1.34. The second kappa shape index (κ2) is 8.41. The highest BCUT2D eigenvalue weighted by molar-refractivity contribution is 9.10. The first-order valence-electron chi connectivity index (χ1n) is 5.32. The lowest BCUT2D eigenvalue weighted by Crippen LogP contribution is -2.12. The SMILES string of the molecule is COCCOCCOc1ncc(Br)cc1CN. The van der Waals surface area contributed by atoms with Crippen molar-refractivity contribution in [3.8, 4) is 5.88 Å². The van der Waals surface area contributed by atoms with E-state index in [-0.39, 0.29) is 0 Å². The second-order valence-electron chi connectivity index (χ2n) is 3.28. The van der Waals surface area contributed by atoms with E-state index in [1.807, 2.05) is 6.07 Å². The first-order valence-corrected chi connectivity index (χ1v) is 6.11. The Kier molecular flexibility index (Phi) is 7.11. The predicted molar refractivity (Wildman–Crippen MR) is 68.0 cm³/mol. The Hall–Kier alpha value is -0.690. The molecule has 6 heteroatoms. The van der Waals surface area contributed by atoms with Gasteiger partial charge in [0.1, 0.15) is 6.61 Å². The molecule has 17 heavy (non-hydrogen) atoms. The third-order valence-corrected chi connectivity index (χ3v) is 2.44. The van der Waals surface area contributed by atoms with Gasteiger partial charge in [-0.3, -0.25) is 0 Å². The topological polar surface area (TPSA) is 66.6 Å². The van der Waals surface area contributed by atoms with E-state index in [0.29, 0.717) is 38.9 Å². The van der Waals surface area contributed by atoms with E-state index in [9.17, 15) is 0 Å². The van der Waals surface area contributed by atoms with Crippen LogP contribution in [0.1, 0.15) is 5.56 Å². The maximum absolute atomic E-state index is 5.60. The van der Waals surface area contributed by atoms with E-state index in [0.717, 1.165) is 10.0 Å². The third-order valence-electron chi connectivity index (χ3n) is 2.01. The van der Waals surface area contributed by atoms with Gasteiger partial charge in [0.2, 0.25) is 5.88 Å². The second-order valence-corrected chi connectivity index (χ2v) is 4.19. The fraction of sp³-hybridized carbons (Fsp3) is 0.545. The maximum Gasteiger partial charge on any atom is 0.217 e. The zero-order valence-electron chi connectivity index (χ0n) is 9.82. The van der Waals surface area contributed by atoms with Crippen LogP contribution >= 0.6 is 15.9 Å². The molecule has 0 aliphatic rings. The van der Waals surface area contributed by atoms with Crippen LogP contribution in [0.15, 0.2) is 16.7 Å².